The summed E-state index contributed by atoms with van der Waals surface area (Å²) in [5.74, 6) is 0. The fourth-order valence-corrected chi connectivity index (χ4v) is 0. The molecule has 0 atom stereocenters. The van der Waals surface area contributed by atoms with Gasteiger partial charge in [0.25, 0.3) is 0 Å². The smallest absolute Gasteiger partial charge is 0.129 e. The van der Waals surface area contributed by atoms with Gasteiger partial charge >= 0.3 is 0 Å². The van der Waals surface area contributed by atoms with Crippen molar-refractivity contribution in [2.24, 2.45) is 0 Å². The van der Waals surface area contributed by atoms with Crippen molar-refractivity contribution in [2.75, 3.05) is 0 Å². The molecule has 0 aliphatic carbocycles. The molecule has 0 spiro atoms. The van der Waals surface area contributed by atoms with Crippen LogP contribution in [0.2, 0.25) is 0 Å². The number of halogens is 1. The lowest BCUT2D eigenvalue weighted by atomic mass is 15.9. The largest absolute Gasteiger partial charge is 0.235 e. The highest BCUT2D eigenvalue weighted by Crippen LogP contribution is 0.846. The Morgan fingerprint density at radius 1 is 1.25 bits per heavy atom. The highest BCUT2D eigenvalue weighted by atomic mass is 35.5. The van der Waals surface area contributed by atoms with E-state index in [4.69, 9.17) is 8.42 Å². The Balaban J connectivity index is 0. The topological polar surface area (TPSA) is 34.1 Å². The highest BCUT2D eigenvalue weighted by Gasteiger charge is 0.964. The summed E-state index contributed by atoms with van der Waals surface area (Å²) in [5, 5.41) is 0. The third-order valence-corrected chi connectivity index (χ3v) is 0. The Morgan fingerprint density at radius 3 is 1.25 bits per heavy atom. The first-order valence-electron chi connectivity index (χ1n) is 0.408. The molecule has 0 unspecified atom stereocenters. The molecule has 0 saturated carbocycles. The Labute approximate surface area is 33.2 Å². The molecule has 0 heterocycles. The van der Waals surface area contributed by atoms with E-state index < -0.39 is 11.6 Å². The van der Waals surface area contributed by atoms with Crippen molar-refractivity contribution >= 4 is 24.0 Å². The molecule has 0 aliphatic rings. The molecule has 0 amide bonds. The summed E-state index contributed by atoms with van der Waals surface area (Å²) in [4.78, 5) is 0. The van der Waals surface area contributed by atoms with E-state index in [-0.39, 0.29) is 12.4 Å². The summed E-state index contributed by atoms with van der Waals surface area (Å²) in [7, 11) is 0. The third kappa shape index (κ3) is 59.8. The van der Waals surface area contributed by atoms with Crippen molar-refractivity contribution in [2.45, 2.75) is 0 Å². The SMILES string of the molecule is Cl.O=[SH2]=O. The van der Waals surface area contributed by atoms with Gasteiger partial charge in [0.1, 0.15) is 11.6 Å². The molecular formula is H3ClO2S. The van der Waals surface area contributed by atoms with Crippen LogP contribution in [0.5, 0.6) is 0 Å². The first-order chi connectivity index (χ1) is 1.41. The van der Waals surface area contributed by atoms with Crippen molar-refractivity contribution in [3.63, 3.8) is 0 Å². The molecule has 0 aliphatic heterocycles. The van der Waals surface area contributed by atoms with E-state index in [2.05, 4.69) is 0 Å². The van der Waals surface area contributed by atoms with Crippen molar-refractivity contribution in [3.05, 3.63) is 0 Å². The van der Waals surface area contributed by atoms with Gasteiger partial charge in [0.2, 0.25) is 0 Å². The molecule has 28 valence electrons. The predicted octanol–water partition coefficient (Wildman–Crippen LogP) is -0.784. The summed E-state index contributed by atoms with van der Waals surface area (Å²) in [6.07, 6.45) is 0. The molecule has 2 nitrogen and oxygen atoms in total. The van der Waals surface area contributed by atoms with Gasteiger partial charge in [-0.2, -0.15) is 0 Å². The summed E-state index contributed by atoms with van der Waals surface area (Å²) in [6, 6.07) is 0. The summed E-state index contributed by atoms with van der Waals surface area (Å²) in [6.45, 7) is 0. The maximum Gasteiger partial charge on any atom is 0.129 e. The van der Waals surface area contributed by atoms with Crippen LogP contribution in [-0.4, -0.2) is 8.42 Å². The average Bonchev–Trinajstić information content (AvgIpc) is 0.918. The van der Waals surface area contributed by atoms with E-state index in [1.54, 1.807) is 0 Å². The quantitative estimate of drug-likeness (QED) is 0.402. The van der Waals surface area contributed by atoms with E-state index in [0.717, 1.165) is 0 Å². The van der Waals surface area contributed by atoms with Gasteiger partial charge in [-0.3, -0.25) is 0 Å². The molecule has 0 saturated heterocycles. The second-order valence-corrected chi connectivity index (χ2v) is 0.250. The van der Waals surface area contributed by atoms with Crippen LogP contribution in [0.25, 0.3) is 0 Å². The Bertz CT molecular complexity index is 27.0. The second kappa shape index (κ2) is 10.6. The molecule has 0 rings (SSSR count). The van der Waals surface area contributed by atoms with Crippen LogP contribution >= 0.6 is 12.4 Å². The minimum absolute atomic E-state index is 0. The maximum absolute atomic E-state index is 8.40. The van der Waals surface area contributed by atoms with Crippen molar-refractivity contribution in [1.29, 1.82) is 0 Å². The Hall–Kier alpha value is 0.240. The van der Waals surface area contributed by atoms with Crippen molar-refractivity contribution in [3.8, 4) is 0 Å². The van der Waals surface area contributed by atoms with Gasteiger partial charge in [-0.05, 0) is 0 Å². The van der Waals surface area contributed by atoms with Gasteiger partial charge in [-0.15, -0.1) is 12.4 Å². The van der Waals surface area contributed by atoms with Gasteiger partial charge in [0.15, 0.2) is 0 Å². The van der Waals surface area contributed by atoms with E-state index >= 15 is 0 Å². The normalized spacial score (nSPS) is 4.00. The standard InChI is InChI=1S/ClH.H2O2S/c;1-3-2/h1H;3H2. The van der Waals surface area contributed by atoms with Crippen molar-refractivity contribution < 1.29 is 8.42 Å². The zero-order chi connectivity index (χ0) is 2.71. The predicted molar refractivity (Wildman–Crippen MR) is 19.0 cm³/mol. The summed E-state index contributed by atoms with van der Waals surface area (Å²) in [5.41, 5.74) is 0. The molecule has 0 bridgehead atoms. The molecular weight excluding hydrogens is 99.5 g/mol. The Morgan fingerprint density at radius 2 is 1.25 bits per heavy atom. The second-order valence-electron chi connectivity index (χ2n) is 0.0833. The van der Waals surface area contributed by atoms with E-state index in [1.807, 2.05) is 0 Å². The molecule has 0 fully saturated rings. The van der Waals surface area contributed by atoms with Crippen LogP contribution in [0.3, 0.4) is 0 Å². The minimum atomic E-state index is -1.42. The summed E-state index contributed by atoms with van der Waals surface area (Å²) >= 11 is -1.42. The number of hydrogen-bond donors (Lipinski definition) is 0. The highest BCUT2D eigenvalue weighted by molar-refractivity contribution is 7.51. The van der Waals surface area contributed by atoms with Crippen LogP contribution in [0.1, 0.15) is 0 Å². The lowest BCUT2D eigenvalue weighted by Gasteiger charge is -1.07. The van der Waals surface area contributed by atoms with Gasteiger partial charge in [0.05, 0.1) is 0 Å². The van der Waals surface area contributed by atoms with E-state index in [9.17, 15) is 0 Å². The fraction of sp³-hybridized carbons (Fsp3) is 0. The van der Waals surface area contributed by atoms with Crippen LogP contribution in [0.15, 0.2) is 0 Å². The first kappa shape index (κ1) is 8.87. The van der Waals surface area contributed by atoms with E-state index in [0.29, 0.717) is 0 Å². The van der Waals surface area contributed by atoms with Gasteiger partial charge in [-0.25, -0.2) is 8.42 Å². The maximum atomic E-state index is 8.40. The van der Waals surface area contributed by atoms with Crippen molar-refractivity contribution in [1.82, 2.24) is 0 Å². The molecule has 0 aromatic carbocycles. The fourth-order valence-electron chi connectivity index (χ4n) is 0. The summed E-state index contributed by atoms with van der Waals surface area (Å²) < 4.78 is 16.8. The van der Waals surface area contributed by atoms with Gasteiger partial charge in [0, 0.05) is 0 Å². The Kier molecular flexibility index (Phi) is 23.4. The zero-order valence-corrected chi connectivity index (χ0v) is 3.54. The lowest BCUT2D eigenvalue weighted by Crippen LogP contribution is -1.18. The molecule has 0 aromatic heterocycles. The van der Waals surface area contributed by atoms with Crippen LogP contribution in [-0.2, 0) is 11.6 Å². The van der Waals surface area contributed by atoms with E-state index in [1.165, 1.54) is 0 Å². The average molecular weight is 103 g/mol. The molecule has 4 heavy (non-hydrogen) atoms. The van der Waals surface area contributed by atoms with Gasteiger partial charge < -0.3 is 0 Å². The van der Waals surface area contributed by atoms with Crippen LogP contribution in [0.4, 0.5) is 0 Å². The molecule has 0 N–H and O–H groups in total. The zero-order valence-electron chi connectivity index (χ0n) is 1.72. The van der Waals surface area contributed by atoms with Gasteiger partial charge in [-0.1, -0.05) is 0 Å². The molecule has 4 heteroatoms. The monoisotopic (exact) mass is 102 g/mol. The number of rotatable bonds is 0. The molecule has 0 radical (unpaired) electrons. The lowest BCUT2D eigenvalue weighted by molar-refractivity contribution is 0.630. The minimum Gasteiger partial charge on any atom is -0.235 e. The number of hydrogen-bond acceptors (Lipinski definition) is 2. The van der Waals surface area contributed by atoms with Crippen LogP contribution in [0, 0.1) is 0 Å². The molecule has 0 aromatic rings. The third-order valence-electron chi connectivity index (χ3n) is 0. The first-order valence-corrected chi connectivity index (χ1v) is 1.22. The van der Waals surface area contributed by atoms with Crippen LogP contribution < -0.4 is 0 Å².